The number of nitrogens with zero attached hydrogens (tertiary/aromatic N) is 2. The van der Waals surface area contributed by atoms with Crippen LogP contribution in [0.15, 0.2) is 59.6 Å². The van der Waals surface area contributed by atoms with Crippen molar-refractivity contribution in [2.45, 2.75) is 17.9 Å². The maximum absolute atomic E-state index is 12.0. The predicted octanol–water partition coefficient (Wildman–Crippen LogP) is 3.15. The van der Waals surface area contributed by atoms with Crippen LogP contribution in [0.3, 0.4) is 0 Å². The summed E-state index contributed by atoms with van der Waals surface area (Å²) in [7, 11) is -2.85. The molecule has 0 amide bonds. The summed E-state index contributed by atoms with van der Waals surface area (Å²) in [6.07, 6.45) is 2.91. The Labute approximate surface area is 181 Å². The molecule has 9 heteroatoms. The van der Waals surface area contributed by atoms with Crippen molar-refractivity contribution in [1.82, 2.24) is 9.97 Å². The Bertz CT molecular complexity index is 1250. The Balaban J connectivity index is 1.93. The molecular formula is C22H23N5O3S. The standard InChI is InChI=1S/C22H23N5O3S/c1-15(14-28)25-21-17(10-9-16-5-3-7-19(29)11-16)13-24-22(27-21)26-18-6-4-8-20(12-18)31(2,23)30/h3-8,11-13,15,23,28-29H,14H2,1-2H3,(H2,24,25,26,27). The van der Waals surface area contributed by atoms with Crippen LogP contribution in [0.4, 0.5) is 17.5 Å². The summed E-state index contributed by atoms with van der Waals surface area (Å²) in [5, 5.41) is 25.1. The number of nitrogens with one attached hydrogen (secondary N) is 3. The summed E-state index contributed by atoms with van der Waals surface area (Å²) < 4.78 is 19.7. The van der Waals surface area contributed by atoms with Crippen LogP contribution in [0.2, 0.25) is 0 Å². The van der Waals surface area contributed by atoms with Crippen molar-refractivity contribution in [3.8, 4) is 17.6 Å². The van der Waals surface area contributed by atoms with Gasteiger partial charge in [-0.05, 0) is 43.3 Å². The minimum Gasteiger partial charge on any atom is -0.508 e. The number of benzene rings is 2. The number of phenols is 1. The van der Waals surface area contributed by atoms with E-state index in [-0.39, 0.29) is 24.3 Å². The second-order valence-electron chi connectivity index (χ2n) is 6.98. The van der Waals surface area contributed by atoms with Gasteiger partial charge in [-0.1, -0.05) is 24.0 Å². The molecule has 3 aromatic rings. The third-order valence-corrected chi connectivity index (χ3v) is 5.33. The summed E-state index contributed by atoms with van der Waals surface area (Å²) in [6, 6.07) is 13.1. The Morgan fingerprint density at radius 1 is 1.19 bits per heavy atom. The van der Waals surface area contributed by atoms with E-state index in [0.29, 0.717) is 27.5 Å². The first kappa shape index (κ1) is 22.1. The van der Waals surface area contributed by atoms with Gasteiger partial charge in [-0.2, -0.15) is 4.98 Å². The molecule has 2 unspecified atom stereocenters. The van der Waals surface area contributed by atoms with E-state index in [4.69, 9.17) is 4.78 Å². The second kappa shape index (κ2) is 9.47. The molecule has 2 aromatic carbocycles. The largest absolute Gasteiger partial charge is 0.508 e. The maximum Gasteiger partial charge on any atom is 0.229 e. The molecule has 31 heavy (non-hydrogen) atoms. The molecule has 5 N–H and O–H groups in total. The minimum atomic E-state index is -2.85. The van der Waals surface area contributed by atoms with Gasteiger partial charge in [-0.3, -0.25) is 0 Å². The number of aliphatic hydroxyl groups is 1. The molecule has 0 aliphatic heterocycles. The molecule has 0 fully saturated rings. The number of hydrogen-bond donors (Lipinski definition) is 5. The number of rotatable bonds is 6. The molecule has 0 saturated carbocycles. The fourth-order valence-corrected chi connectivity index (χ4v) is 3.28. The monoisotopic (exact) mass is 437 g/mol. The van der Waals surface area contributed by atoms with Gasteiger partial charge in [0.25, 0.3) is 0 Å². The zero-order valence-corrected chi connectivity index (χ0v) is 17.9. The summed E-state index contributed by atoms with van der Waals surface area (Å²) in [4.78, 5) is 9.16. The molecule has 0 spiro atoms. The van der Waals surface area contributed by atoms with E-state index in [1.807, 2.05) is 0 Å². The number of aromatic hydroxyl groups is 1. The Morgan fingerprint density at radius 3 is 2.68 bits per heavy atom. The van der Waals surface area contributed by atoms with Crippen LogP contribution in [0, 0.1) is 16.6 Å². The summed E-state index contributed by atoms with van der Waals surface area (Å²) in [5.41, 5.74) is 1.75. The first-order valence-electron chi connectivity index (χ1n) is 9.41. The summed E-state index contributed by atoms with van der Waals surface area (Å²) >= 11 is 0. The molecule has 1 aromatic heterocycles. The van der Waals surface area contributed by atoms with Crippen LogP contribution in [-0.2, 0) is 9.73 Å². The highest BCUT2D eigenvalue weighted by molar-refractivity contribution is 7.91. The van der Waals surface area contributed by atoms with Gasteiger partial charge in [0.05, 0.1) is 28.1 Å². The predicted molar refractivity (Wildman–Crippen MR) is 121 cm³/mol. The topological polar surface area (TPSA) is 131 Å². The number of phenolic OH excluding ortho intramolecular Hbond substituents is 1. The molecule has 160 valence electrons. The van der Waals surface area contributed by atoms with Crippen molar-refractivity contribution in [3.63, 3.8) is 0 Å². The lowest BCUT2D eigenvalue weighted by Gasteiger charge is -2.14. The lowest BCUT2D eigenvalue weighted by atomic mass is 10.2. The van der Waals surface area contributed by atoms with E-state index in [0.717, 1.165) is 0 Å². The average molecular weight is 438 g/mol. The van der Waals surface area contributed by atoms with Gasteiger partial charge in [-0.15, -0.1) is 0 Å². The van der Waals surface area contributed by atoms with Gasteiger partial charge in [-0.25, -0.2) is 14.0 Å². The third-order valence-electron chi connectivity index (χ3n) is 4.17. The lowest BCUT2D eigenvalue weighted by molar-refractivity contribution is 0.281. The zero-order valence-electron chi connectivity index (χ0n) is 17.1. The third kappa shape index (κ3) is 6.18. The van der Waals surface area contributed by atoms with Crippen molar-refractivity contribution in [3.05, 3.63) is 65.9 Å². The van der Waals surface area contributed by atoms with E-state index in [1.54, 1.807) is 61.7 Å². The van der Waals surface area contributed by atoms with Crippen molar-refractivity contribution < 1.29 is 14.4 Å². The smallest absolute Gasteiger partial charge is 0.229 e. The first-order valence-corrected chi connectivity index (χ1v) is 11.4. The van der Waals surface area contributed by atoms with Crippen molar-refractivity contribution >= 4 is 27.2 Å². The fourth-order valence-electron chi connectivity index (χ4n) is 2.59. The Kier molecular flexibility index (Phi) is 6.74. The van der Waals surface area contributed by atoms with Crippen molar-refractivity contribution in [1.29, 1.82) is 4.78 Å². The number of aliphatic hydroxyl groups excluding tert-OH is 1. The van der Waals surface area contributed by atoms with Crippen molar-refractivity contribution in [2.75, 3.05) is 23.5 Å². The van der Waals surface area contributed by atoms with E-state index in [2.05, 4.69) is 32.4 Å². The highest BCUT2D eigenvalue weighted by Gasteiger charge is 2.10. The van der Waals surface area contributed by atoms with Crippen LogP contribution < -0.4 is 10.6 Å². The first-order chi connectivity index (χ1) is 14.7. The van der Waals surface area contributed by atoms with E-state index in [1.165, 1.54) is 6.26 Å². The summed E-state index contributed by atoms with van der Waals surface area (Å²) in [5.74, 6) is 6.78. The van der Waals surface area contributed by atoms with Gasteiger partial charge in [0, 0.05) is 28.4 Å². The Hall–Kier alpha value is -3.61. The normalized spacial score (nSPS) is 13.4. The number of aromatic nitrogens is 2. The van der Waals surface area contributed by atoms with Crippen LogP contribution in [-0.4, -0.2) is 43.3 Å². The second-order valence-corrected chi connectivity index (χ2v) is 9.14. The van der Waals surface area contributed by atoms with E-state index in [9.17, 15) is 14.4 Å². The van der Waals surface area contributed by atoms with Gasteiger partial charge in [0.2, 0.25) is 5.95 Å². The van der Waals surface area contributed by atoms with Crippen molar-refractivity contribution in [2.24, 2.45) is 0 Å². The molecule has 0 radical (unpaired) electrons. The molecule has 1 heterocycles. The van der Waals surface area contributed by atoms with Crippen LogP contribution in [0.1, 0.15) is 18.1 Å². The molecule has 3 rings (SSSR count). The lowest BCUT2D eigenvalue weighted by Crippen LogP contribution is -2.21. The molecular weight excluding hydrogens is 414 g/mol. The van der Waals surface area contributed by atoms with Gasteiger partial charge < -0.3 is 20.8 Å². The van der Waals surface area contributed by atoms with Crippen LogP contribution >= 0.6 is 0 Å². The molecule has 0 bridgehead atoms. The zero-order chi connectivity index (χ0) is 22.4. The SMILES string of the molecule is CC(CO)Nc1nc(Nc2cccc(S(C)(=N)=O)c2)ncc1C#Cc1cccc(O)c1. The number of hydrogen-bond acceptors (Lipinski definition) is 8. The molecule has 0 aliphatic rings. The van der Waals surface area contributed by atoms with E-state index < -0.39 is 9.73 Å². The highest BCUT2D eigenvalue weighted by atomic mass is 32.2. The Morgan fingerprint density at radius 2 is 1.97 bits per heavy atom. The molecule has 2 atom stereocenters. The molecule has 8 nitrogen and oxygen atoms in total. The summed E-state index contributed by atoms with van der Waals surface area (Å²) in [6.45, 7) is 1.71. The quantitative estimate of drug-likeness (QED) is 0.374. The molecule has 0 saturated heterocycles. The number of anilines is 3. The van der Waals surface area contributed by atoms with Gasteiger partial charge >= 0.3 is 0 Å². The highest BCUT2D eigenvalue weighted by Crippen LogP contribution is 2.21. The maximum atomic E-state index is 12.0. The van der Waals surface area contributed by atoms with Crippen LogP contribution in [0.5, 0.6) is 5.75 Å². The van der Waals surface area contributed by atoms with E-state index >= 15 is 0 Å². The average Bonchev–Trinajstić information content (AvgIpc) is 2.73. The molecule has 0 aliphatic carbocycles. The van der Waals surface area contributed by atoms with Gasteiger partial charge in [0.15, 0.2) is 0 Å². The van der Waals surface area contributed by atoms with Crippen LogP contribution in [0.25, 0.3) is 0 Å². The van der Waals surface area contributed by atoms with Gasteiger partial charge in [0.1, 0.15) is 11.6 Å². The minimum absolute atomic E-state index is 0.0946. The fraction of sp³-hybridized carbons (Fsp3) is 0.182.